The van der Waals surface area contributed by atoms with E-state index < -0.39 is 0 Å². The normalized spacial score (nSPS) is 10.5. The molecular formula is C22H20O2S2. The highest BCUT2D eigenvalue weighted by Gasteiger charge is 2.17. The largest absolute Gasteiger partial charge is 0.294 e. The Morgan fingerprint density at radius 2 is 1.00 bits per heavy atom. The minimum Gasteiger partial charge on any atom is -0.294 e. The van der Waals surface area contributed by atoms with Crippen molar-refractivity contribution in [1.82, 2.24) is 0 Å². The van der Waals surface area contributed by atoms with E-state index in [0.717, 1.165) is 30.0 Å². The molecule has 1 aromatic heterocycles. The van der Waals surface area contributed by atoms with Gasteiger partial charge in [-0.05, 0) is 11.1 Å². The molecule has 4 heteroatoms. The molecule has 0 aliphatic rings. The van der Waals surface area contributed by atoms with Crippen LogP contribution < -0.4 is 7.69 Å². The van der Waals surface area contributed by atoms with E-state index in [9.17, 15) is 9.59 Å². The number of rotatable bonds is 6. The van der Waals surface area contributed by atoms with Gasteiger partial charge in [0, 0.05) is 12.8 Å². The van der Waals surface area contributed by atoms with Crippen LogP contribution in [0, 0.1) is 0 Å². The number of hydrogen-bond acceptors (Lipinski definition) is 4. The average Bonchev–Trinajstić information content (AvgIpc) is 2.67. The van der Waals surface area contributed by atoms with Gasteiger partial charge in [0.1, 0.15) is 0 Å². The molecule has 0 amide bonds. The minimum atomic E-state index is 0.133. The lowest BCUT2D eigenvalue weighted by molar-refractivity contribution is -0.114. The van der Waals surface area contributed by atoms with Gasteiger partial charge in [-0.25, -0.2) is 0 Å². The van der Waals surface area contributed by atoms with Crippen molar-refractivity contribution in [3.63, 3.8) is 0 Å². The van der Waals surface area contributed by atoms with Crippen LogP contribution in [-0.2, 0) is 9.59 Å². The van der Waals surface area contributed by atoms with Gasteiger partial charge in [0.2, 0.25) is 0 Å². The van der Waals surface area contributed by atoms with Crippen molar-refractivity contribution in [2.24, 2.45) is 0 Å². The molecule has 0 aliphatic heterocycles. The van der Waals surface area contributed by atoms with Crippen LogP contribution in [0.5, 0.6) is 0 Å². The Kier molecular flexibility index (Phi) is 5.96. The number of carbonyl (C=O) groups is 2. The third kappa shape index (κ3) is 3.76. The molecule has 0 aliphatic carbocycles. The summed E-state index contributed by atoms with van der Waals surface area (Å²) in [6, 6.07) is 19.5. The fourth-order valence-corrected chi connectivity index (χ4v) is 5.17. The van der Waals surface area contributed by atoms with Crippen LogP contribution in [0.15, 0.2) is 60.7 Å². The molecular weight excluding hydrogens is 360 g/mol. The lowest BCUT2D eigenvalue weighted by Gasteiger charge is -2.09. The van der Waals surface area contributed by atoms with Crippen molar-refractivity contribution in [2.45, 2.75) is 26.7 Å². The number of carbonyl (C=O) groups excluding carboxylic acids is 2. The SMILES string of the molecule is CCC(=O)C(c1ccccc1)=c1sc(=C(C(=O)CC)c2ccccc2)s1. The Bertz CT molecular complexity index is 925. The van der Waals surface area contributed by atoms with E-state index in [1.807, 2.05) is 74.5 Å². The Balaban J connectivity index is 2.22. The van der Waals surface area contributed by atoms with Crippen molar-refractivity contribution in [2.75, 3.05) is 0 Å². The number of benzene rings is 2. The molecule has 0 fully saturated rings. The lowest BCUT2D eigenvalue weighted by Crippen LogP contribution is -2.22. The van der Waals surface area contributed by atoms with E-state index in [2.05, 4.69) is 0 Å². The van der Waals surface area contributed by atoms with Gasteiger partial charge >= 0.3 is 0 Å². The maximum absolute atomic E-state index is 12.5. The van der Waals surface area contributed by atoms with Crippen LogP contribution in [0.2, 0.25) is 0 Å². The minimum absolute atomic E-state index is 0.133. The molecule has 0 bridgehead atoms. The van der Waals surface area contributed by atoms with Gasteiger partial charge in [0.15, 0.2) is 11.6 Å². The molecule has 0 atom stereocenters. The molecule has 1 heterocycles. The summed E-state index contributed by atoms with van der Waals surface area (Å²) in [5.74, 6) is 0.265. The quantitative estimate of drug-likeness (QED) is 0.643. The van der Waals surface area contributed by atoms with Crippen molar-refractivity contribution < 1.29 is 9.59 Å². The summed E-state index contributed by atoms with van der Waals surface area (Å²) in [6.45, 7) is 3.76. The second-order valence-electron chi connectivity index (χ2n) is 5.81. The van der Waals surface area contributed by atoms with E-state index in [-0.39, 0.29) is 11.6 Å². The standard InChI is InChI=1S/C22H20O2S2/c1-3-17(23)19(15-11-7-5-8-12-15)21-25-22(26-21)20(18(24)4-2)16-13-9-6-10-14-16/h5-14H,3-4H2,1-2H3. The van der Waals surface area contributed by atoms with Crippen LogP contribution in [-0.4, -0.2) is 11.6 Å². The van der Waals surface area contributed by atoms with Gasteiger partial charge in [-0.2, -0.15) is 0 Å². The first kappa shape index (κ1) is 18.5. The van der Waals surface area contributed by atoms with Crippen molar-refractivity contribution in [3.05, 3.63) is 79.5 Å². The van der Waals surface area contributed by atoms with E-state index in [0.29, 0.717) is 12.8 Å². The molecule has 0 saturated heterocycles. The molecule has 3 rings (SSSR count). The molecule has 0 radical (unpaired) electrons. The molecule has 0 unspecified atom stereocenters. The zero-order chi connectivity index (χ0) is 18.5. The Morgan fingerprint density at radius 3 is 1.31 bits per heavy atom. The van der Waals surface area contributed by atoms with Crippen molar-refractivity contribution in [3.8, 4) is 0 Å². The summed E-state index contributed by atoms with van der Waals surface area (Å²) in [5.41, 5.74) is 3.42. The predicted molar refractivity (Wildman–Crippen MR) is 110 cm³/mol. The number of Topliss-reactive ketones (excluding diaryl/α,β-unsaturated/α-hetero) is 2. The molecule has 0 spiro atoms. The van der Waals surface area contributed by atoms with Crippen molar-refractivity contribution >= 4 is 45.4 Å². The first-order chi connectivity index (χ1) is 12.7. The summed E-state index contributed by atoms with van der Waals surface area (Å²) in [7, 11) is 0. The molecule has 2 nitrogen and oxygen atoms in total. The molecule has 0 saturated carbocycles. The van der Waals surface area contributed by atoms with Crippen LogP contribution in [0.4, 0.5) is 0 Å². The average molecular weight is 381 g/mol. The zero-order valence-corrected chi connectivity index (χ0v) is 16.5. The summed E-state index contributed by atoms with van der Waals surface area (Å²) < 4.78 is 1.96. The van der Waals surface area contributed by atoms with Gasteiger partial charge in [-0.15, -0.1) is 22.7 Å². The summed E-state index contributed by atoms with van der Waals surface area (Å²) >= 11 is 3.09. The number of ketones is 2. The van der Waals surface area contributed by atoms with Crippen LogP contribution >= 0.6 is 22.7 Å². The van der Waals surface area contributed by atoms with Crippen LogP contribution in [0.1, 0.15) is 37.8 Å². The highest BCUT2D eigenvalue weighted by molar-refractivity contribution is 7.36. The first-order valence-electron chi connectivity index (χ1n) is 8.67. The second kappa shape index (κ2) is 8.39. The fourth-order valence-electron chi connectivity index (χ4n) is 2.73. The molecule has 2 aromatic carbocycles. The zero-order valence-electron chi connectivity index (χ0n) is 14.8. The Labute approximate surface area is 161 Å². The lowest BCUT2D eigenvalue weighted by atomic mass is 10.0. The molecule has 132 valence electrons. The van der Waals surface area contributed by atoms with E-state index in [1.165, 1.54) is 0 Å². The smallest absolute Gasteiger partial charge is 0.165 e. The Hall–Kier alpha value is -2.30. The van der Waals surface area contributed by atoms with Gasteiger partial charge < -0.3 is 0 Å². The highest BCUT2D eigenvalue weighted by Crippen LogP contribution is 2.18. The summed E-state index contributed by atoms with van der Waals surface area (Å²) in [6.07, 6.45) is 0.931. The van der Waals surface area contributed by atoms with Gasteiger partial charge in [-0.1, -0.05) is 74.5 Å². The van der Waals surface area contributed by atoms with E-state index in [1.54, 1.807) is 22.7 Å². The summed E-state index contributed by atoms with van der Waals surface area (Å²) in [5, 5.41) is 0. The maximum atomic E-state index is 12.5. The third-order valence-corrected chi connectivity index (χ3v) is 6.66. The van der Waals surface area contributed by atoms with E-state index in [4.69, 9.17) is 0 Å². The molecule has 0 N–H and O–H groups in total. The predicted octanol–water partition coefficient (Wildman–Crippen LogP) is 4.17. The van der Waals surface area contributed by atoms with Gasteiger partial charge in [0.25, 0.3) is 0 Å². The first-order valence-corrected chi connectivity index (χ1v) is 10.3. The monoisotopic (exact) mass is 380 g/mol. The maximum Gasteiger partial charge on any atom is 0.165 e. The fraction of sp³-hybridized carbons (Fsp3) is 0.182. The third-order valence-electron chi connectivity index (χ3n) is 4.10. The van der Waals surface area contributed by atoms with Gasteiger partial charge in [0.05, 0.1) is 18.8 Å². The summed E-state index contributed by atoms with van der Waals surface area (Å²) in [4.78, 5) is 25.0. The highest BCUT2D eigenvalue weighted by atomic mass is 32.2. The van der Waals surface area contributed by atoms with Crippen molar-refractivity contribution in [1.29, 1.82) is 0 Å². The van der Waals surface area contributed by atoms with Crippen LogP contribution in [0.25, 0.3) is 11.1 Å². The second-order valence-corrected chi connectivity index (χ2v) is 8.37. The molecule has 3 aromatic rings. The Morgan fingerprint density at radius 1 is 0.654 bits per heavy atom. The topological polar surface area (TPSA) is 34.1 Å². The number of hydrogen-bond donors (Lipinski definition) is 0. The van der Waals surface area contributed by atoms with Gasteiger partial charge in [-0.3, -0.25) is 9.59 Å². The molecule has 26 heavy (non-hydrogen) atoms. The van der Waals surface area contributed by atoms with Crippen LogP contribution in [0.3, 0.4) is 0 Å². The van der Waals surface area contributed by atoms with E-state index >= 15 is 0 Å².